The van der Waals surface area contributed by atoms with E-state index in [0.29, 0.717) is 22.6 Å². The minimum absolute atomic E-state index is 0.167. The van der Waals surface area contributed by atoms with Gasteiger partial charge in [0.2, 0.25) is 0 Å². The molecule has 1 atom stereocenters. The van der Waals surface area contributed by atoms with Gasteiger partial charge in [-0.25, -0.2) is 9.87 Å². The van der Waals surface area contributed by atoms with Crippen LogP contribution in [-0.2, 0) is 6.54 Å². The Morgan fingerprint density at radius 1 is 1.38 bits per heavy atom. The van der Waals surface area contributed by atoms with Crippen LogP contribution in [-0.4, -0.2) is 19.4 Å². The molecule has 4 nitrogen and oxygen atoms in total. The Kier molecular flexibility index (Phi) is 4.52. The highest BCUT2D eigenvalue weighted by Gasteiger charge is 2.14. The second-order valence-electron chi connectivity index (χ2n) is 3.37. The van der Waals surface area contributed by atoms with E-state index < -0.39 is 6.17 Å². The van der Waals surface area contributed by atoms with E-state index in [2.05, 4.69) is 0 Å². The molecule has 0 aliphatic carbocycles. The fraction of sp³-hybridized carbons (Fsp3) is 0.455. The van der Waals surface area contributed by atoms with E-state index in [0.717, 1.165) is 0 Å². The van der Waals surface area contributed by atoms with Gasteiger partial charge in [-0.1, -0.05) is 0 Å². The fourth-order valence-corrected chi connectivity index (χ4v) is 1.51. The number of methoxy groups -OCH3 is 2. The van der Waals surface area contributed by atoms with Gasteiger partial charge in [0, 0.05) is 12.1 Å². The lowest BCUT2D eigenvalue weighted by molar-refractivity contribution is 0.160. The molecule has 0 heterocycles. The molecule has 0 radical (unpaired) electrons. The van der Waals surface area contributed by atoms with Gasteiger partial charge in [-0.15, -0.1) is 0 Å². The summed E-state index contributed by atoms with van der Waals surface area (Å²) >= 11 is 0. The lowest BCUT2D eigenvalue weighted by atomic mass is 10.1. The van der Waals surface area contributed by atoms with Gasteiger partial charge in [-0.3, -0.25) is 0 Å². The summed E-state index contributed by atoms with van der Waals surface area (Å²) in [7, 11) is 2.98. The summed E-state index contributed by atoms with van der Waals surface area (Å²) in [5, 5.41) is 8.69. The molecule has 0 bridgehead atoms. The Morgan fingerprint density at radius 3 is 2.50 bits per heavy atom. The van der Waals surface area contributed by atoms with Gasteiger partial charge in [0.15, 0.2) is 11.5 Å². The number of alkyl halides is 1. The standard InChI is InChI=1S/C11H16FNO3/c1-7(12)8-4-9(6-13-14)11(16-3)10(5-8)15-2/h4-5,7,13-14H,6H2,1-3H3. The summed E-state index contributed by atoms with van der Waals surface area (Å²) in [6.45, 7) is 1.61. The Labute approximate surface area is 93.9 Å². The van der Waals surface area contributed by atoms with Crippen LogP contribution in [0, 0.1) is 0 Å². The van der Waals surface area contributed by atoms with Crippen molar-refractivity contribution in [2.24, 2.45) is 0 Å². The van der Waals surface area contributed by atoms with Crippen molar-refractivity contribution in [1.82, 2.24) is 5.48 Å². The minimum Gasteiger partial charge on any atom is -0.493 e. The van der Waals surface area contributed by atoms with Crippen LogP contribution in [0.25, 0.3) is 0 Å². The van der Waals surface area contributed by atoms with Gasteiger partial charge in [-0.05, 0) is 24.6 Å². The number of hydrogen-bond donors (Lipinski definition) is 2. The molecule has 5 heteroatoms. The van der Waals surface area contributed by atoms with Crippen LogP contribution in [0.1, 0.15) is 24.2 Å². The molecule has 2 N–H and O–H groups in total. The maximum atomic E-state index is 13.2. The molecule has 0 saturated heterocycles. The van der Waals surface area contributed by atoms with E-state index in [1.165, 1.54) is 21.1 Å². The first-order valence-corrected chi connectivity index (χ1v) is 4.89. The van der Waals surface area contributed by atoms with Crippen LogP contribution in [0.4, 0.5) is 4.39 Å². The molecule has 0 spiro atoms. The molecule has 0 saturated carbocycles. The van der Waals surface area contributed by atoms with Crippen LogP contribution in [0.5, 0.6) is 11.5 Å². The van der Waals surface area contributed by atoms with Crippen molar-refractivity contribution in [3.8, 4) is 11.5 Å². The second kappa shape index (κ2) is 5.67. The average Bonchev–Trinajstić information content (AvgIpc) is 2.28. The third-order valence-electron chi connectivity index (χ3n) is 2.31. The quantitative estimate of drug-likeness (QED) is 0.760. The fourth-order valence-electron chi connectivity index (χ4n) is 1.51. The molecular weight excluding hydrogens is 213 g/mol. The monoisotopic (exact) mass is 229 g/mol. The van der Waals surface area contributed by atoms with Gasteiger partial charge in [0.05, 0.1) is 14.2 Å². The van der Waals surface area contributed by atoms with Crippen LogP contribution >= 0.6 is 0 Å². The predicted molar refractivity (Wildman–Crippen MR) is 57.7 cm³/mol. The van der Waals surface area contributed by atoms with Crippen molar-refractivity contribution in [2.75, 3.05) is 14.2 Å². The number of hydroxylamine groups is 1. The number of halogens is 1. The van der Waals surface area contributed by atoms with Crippen LogP contribution in [0.2, 0.25) is 0 Å². The first kappa shape index (κ1) is 12.7. The number of rotatable bonds is 5. The van der Waals surface area contributed by atoms with Crippen molar-refractivity contribution >= 4 is 0 Å². The molecule has 90 valence electrons. The second-order valence-corrected chi connectivity index (χ2v) is 3.37. The van der Waals surface area contributed by atoms with Gasteiger partial charge >= 0.3 is 0 Å². The Balaban J connectivity index is 3.25. The Morgan fingerprint density at radius 2 is 2.06 bits per heavy atom. The summed E-state index contributed by atoms with van der Waals surface area (Å²) in [6.07, 6.45) is -1.10. The number of nitrogens with one attached hydrogen (secondary N) is 1. The number of benzene rings is 1. The molecule has 0 aliphatic heterocycles. The first-order chi connectivity index (χ1) is 7.63. The highest BCUT2D eigenvalue weighted by Crippen LogP contribution is 2.35. The summed E-state index contributed by atoms with van der Waals surface area (Å²) in [5.74, 6) is 0.947. The van der Waals surface area contributed by atoms with Crippen LogP contribution in [0.15, 0.2) is 12.1 Å². The average molecular weight is 229 g/mol. The molecule has 1 aromatic rings. The Bertz CT molecular complexity index is 355. The predicted octanol–water partition coefficient (Wildman–Crippen LogP) is 2.21. The van der Waals surface area contributed by atoms with Crippen molar-refractivity contribution in [2.45, 2.75) is 19.6 Å². The maximum absolute atomic E-state index is 13.2. The molecule has 0 amide bonds. The number of ether oxygens (including phenoxy) is 2. The molecule has 1 aromatic carbocycles. The van der Waals surface area contributed by atoms with E-state index in [-0.39, 0.29) is 6.54 Å². The minimum atomic E-state index is -1.10. The molecule has 0 fully saturated rings. The van der Waals surface area contributed by atoms with E-state index >= 15 is 0 Å². The van der Waals surface area contributed by atoms with Gasteiger partial charge in [-0.2, -0.15) is 0 Å². The zero-order valence-corrected chi connectivity index (χ0v) is 9.58. The lowest BCUT2D eigenvalue weighted by Crippen LogP contribution is -2.09. The van der Waals surface area contributed by atoms with Crippen LogP contribution < -0.4 is 15.0 Å². The summed E-state index contributed by atoms with van der Waals surface area (Å²) in [6, 6.07) is 3.22. The molecule has 1 unspecified atom stereocenters. The van der Waals surface area contributed by atoms with Crippen LogP contribution in [0.3, 0.4) is 0 Å². The highest BCUT2D eigenvalue weighted by atomic mass is 19.1. The van der Waals surface area contributed by atoms with Crippen molar-refractivity contribution in [3.63, 3.8) is 0 Å². The Hall–Kier alpha value is -1.33. The van der Waals surface area contributed by atoms with E-state index in [1.54, 1.807) is 12.1 Å². The summed E-state index contributed by atoms with van der Waals surface area (Å²) < 4.78 is 23.5. The number of hydrogen-bond acceptors (Lipinski definition) is 4. The van der Waals surface area contributed by atoms with E-state index in [1.807, 2.05) is 5.48 Å². The SMILES string of the molecule is COc1cc(C(C)F)cc(CNO)c1OC. The molecule has 0 aliphatic rings. The third-order valence-corrected chi connectivity index (χ3v) is 2.31. The zero-order chi connectivity index (χ0) is 12.1. The topological polar surface area (TPSA) is 50.7 Å². The first-order valence-electron chi connectivity index (χ1n) is 4.89. The van der Waals surface area contributed by atoms with E-state index in [9.17, 15) is 4.39 Å². The van der Waals surface area contributed by atoms with E-state index in [4.69, 9.17) is 14.7 Å². The smallest absolute Gasteiger partial charge is 0.165 e. The maximum Gasteiger partial charge on any atom is 0.165 e. The molecule has 16 heavy (non-hydrogen) atoms. The molecule has 1 rings (SSSR count). The van der Waals surface area contributed by atoms with Gasteiger partial charge in [0.1, 0.15) is 6.17 Å². The van der Waals surface area contributed by atoms with Gasteiger partial charge < -0.3 is 14.7 Å². The lowest BCUT2D eigenvalue weighted by Gasteiger charge is -2.15. The summed E-state index contributed by atoms with van der Waals surface area (Å²) in [4.78, 5) is 0. The van der Waals surface area contributed by atoms with Crippen molar-refractivity contribution < 1.29 is 19.1 Å². The highest BCUT2D eigenvalue weighted by molar-refractivity contribution is 5.50. The van der Waals surface area contributed by atoms with Gasteiger partial charge in [0.25, 0.3) is 0 Å². The molecular formula is C11H16FNO3. The van der Waals surface area contributed by atoms with Crippen molar-refractivity contribution in [3.05, 3.63) is 23.3 Å². The molecule has 0 aromatic heterocycles. The zero-order valence-electron chi connectivity index (χ0n) is 9.58. The van der Waals surface area contributed by atoms with Crippen molar-refractivity contribution in [1.29, 1.82) is 0 Å². The normalized spacial score (nSPS) is 12.3. The largest absolute Gasteiger partial charge is 0.493 e. The third kappa shape index (κ3) is 2.62. The summed E-state index contributed by atoms with van der Waals surface area (Å²) in [5.41, 5.74) is 3.15.